The molecule has 1 saturated carbocycles. The Balaban J connectivity index is 2.07. The molecule has 0 aliphatic heterocycles. The average molecular weight is 350 g/mol. The van der Waals surface area contributed by atoms with Gasteiger partial charge in [0.25, 0.3) is 0 Å². The number of rotatable bonds is 5. The lowest BCUT2D eigenvalue weighted by molar-refractivity contribution is -0.132. The second kappa shape index (κ2) is 7.88. The smallest absolute Gasteiger partial charge is 0.419 e. The summed E-state index contributed by atoms with van der Waals surface area (Å²) < 4.78 is 33.8. The molecule has 0 unspecified atom stereocenters. The van der Waals surface area contributed by atoms with E-state index in [1.54, 1.807) is 6.08 Å². The van der Waals surface area contributed by atoms with Crippen molar-refractivity contribution in [2.45, 2.75) is 79.8 Å². The Bertz CT molecular complexity index is 609. The van der Waals surface area contributed by atoms with Crippen molar-refractivity contribution < 1.29 is 13.5 Å². The predicted molar refractivity (Wildman–Crippen MR) is 101 cm³/mol. The van der Waals surface area contributed by atoms with Crippen LogP contribution in [0.2, 0.25) is 0 Å². The first-order valence-corrected chi connectivity index (χ1v) is 9.44. The quantitative estimate of drug-likeness (QED) is 0.521. The van der Waals surface area contributed by atoms with Gasteiger partial charge in [0.05, 0.1) is 0 Å². The average Bonchev–Trinajstić information content (AvgIpc) is 2.57. The fourth-order valence-electron chi connectivity index (χ4n) is 3.75. The standard InChI is InChI=1S/C22H32F2O/c1-14-9-11-20(12-10-14)8-7-13-22(23,24)25-21-18(5)16(3)15(2)17(4)19(21)6/h7,13-14,20H,8-12H2,1-6H3/b13-7+. The van der Waals surface area contributed by atoms with E-state index in [1.807, 2.05) is 34.6 Å². The number of alkyl halides is 2. The molecule has 0 N–H and O–H groups in total. The SMILES string of the molecule is Cc1c(C)c(C)c(OC(F)(F)/C=C/CC2CCC(C)CC2)c(C)c1C. The number of ether oxygens (including phenoxy) is 1. The summed E-state index contributed by atoms with van der Waals surface area (Å²) in [6.45, 7) is 11.9. The van der Waals surface area contributed by atoms with E-state index in [0.717, 1.165) is 59.1 Å². The summed E-state index contributed by atoms with van der Waals surface area (Å²) in [5, 5.41) is 0. The third-order valence-corrected chi connectivity index (χ3v) is 6.09. The van der Waals surface area contributed by atoms with E-state index >= 15 is 0 Å². The normalized spacial score (nSPS) is 21.8. The summed E-state index contributed by atoms with van der Waals surface area (Å²) in [6.07, 6.45) is 4.71. The third kappa shape index (κ3) is 4.83. The van der Waals surface area contributed by atoms with Crippen molar-refractivity contribution >= 4 is 0 Å². The molecule has 3 heteroatoms. The van der Waals surface area contributed by atoms with Crippen LogP contribution >= 0.6 is 0 Å². The molecule has 0 atom stereocenters. The molecule has 1 aliphatic rings. The molecule has 2 rings (SSSR count). The monoisotopic (exact) mass is 350 g/mol. The van der Waals surface area contributed by atoms with Gasteiger partial charge in [0, 0.05) is 6.08 Å². The van der Waals surface area contributed by atoms with Crippen molar-refractivity contribution in [1.29, 1.82) is 0 Å². The topological polar surface area (TPSA) is 9.23 Å². The molecule has 1 aliphatic carbocycles. The maximum Gasteiger partial charge on any atom is 0.419 e. The van der Waals surface area contributed by atoms with E-state index in [9.17, 15) is 8.78 Å². The van der Waals surface area contributed by atoms with Crippen LogP contribution in [0.5, 0.6) is 5.75 Å². The maximum atomic E-state index is 14.3. The van der Waals surface area contributed by atoms with Gasteiger partial charge in [-0.3, -0.25) is 0 Å². The number of benzene rings is 1. The van der Waals surface area contributed by atoms with Gasteiger partial charge in [0.1, 0.15) is 5.75 Å². The zero-order valence-electron chi connectivity index (χ0n) is 16.5. The Hall–Kier alpha value is -1.38. The molecular formula is C22H32F2O. The highest BCUT2D eigenvalue weighted by molar-refractivity contribution is 5.53. The van der Waals surface area contributed by atoms with Gasteiger partial charge in [0.15, 0.2) is 0 Å². The summed E-state index contributed by atoms with van der Waals surface area (Å²) in [7, 11) is 0. The molecule has 0 aromatic heterocycles. The number of hydrogen-bond donors (Lipinski definition) is 0. The van der Waals surface area contributed by atoms with E-state index in [-0.39, 0.29) is 0 Å². The lowest BCUT2D eigenvalue weighted by atomic mass is 9.81. The first-order chi connectivity index (χ1) is 11.6. The Kier molecular flexibility index (Phi) is 6.29. The second-order valence-corrected chi connectivity index (χ2v) is 7.88. The van der Waals surface area contributed by atoms with E-state index < -0.39 is 6.11 Å². The molecule has 140 valence electrons. The fourth-order valence-corrected chi connectivity index (χ4v) is 3.75. The first-order valence-electron chi connectivity index (χ1n) is 9.44. The molecular weight excluding hydrogens is 318 g/mol. The van der Waals surface area contributed by atoms with Crippen LogP contribution in [0.4, 0.5) is 8.78 Å². The Morgan fingerprint density at radius 1 is 0.880 bits per heavy atom. The van der Waals surface area contributed by atoms with E-state index in [4.69, 9.17) is 4.74 Å². The molecule has 0 radical (unpaired) electrons. The Labute approximate surface area is 151 Å². The van der Waals surface area contributed by atoms with Gasteiger partial charge in [0.2, 0.25) is 0 Å². The van der Waals surface area contributed by atoms with Crippen LogP contribution in [0, 0.1) is 46.5 Å². The van der Waals surface area contributed by atoms with Crippen molar-refractivity contribution in [3.05, 3.63) is 40.0 Å². The Morgan fingerprint density at radius 2 is 1.36 bits per heavy atom. The van der Waals surface area contributed by atoms with Crippen LogP contribution in [0.1, 0.15) is 66.8 Å². The molecule has 0 amide bonds. The summed E-state index contributed by atoms with van der Waals surface area (Å²) in [5.74, 6) is 1.64. The van der Waals surface area contributed by atoms with Crippen LogP contribution in [0.3, 0.4) is 0 Å². The molecule has 0 spiro atoms. The maximum absolute atomic E-state index is 14.3. The fraction of sp³-hybridized carbons (Fsp3) is 0.636. The van der Waals surface area contributed by atoms with Crippen LogP contribution in [0.25, 0.3) is 0 Å². The van der Waals surface area contributed by atoms with Gasteiger partial charge >= 0.3 is 6.11 Å². The molecule has 0 bridgehead atoms. The lowest BCUT2D eigenvalue weighted by Gasteiger charge is -2.25. The van der Waals surface area contributed by atoms with Crippen LogP contribution in [-0.4, -0.2) is 6.11 Å². The molecule has 25 heavy (non-hydrogen) atoms. The largest absolute Gasteiger partial charge is 0.429 e. The summed E-state index contributed by atoms with van der Waals surface area (Å²) >= 11 is 0. The van der Waals surface area contributed by atoms with Gasteiger partial charge in [-0.25, -0.2) is 0 Å². The van der Waals surface area contributed by atoms with Gasteiger partial charge in [-0.2, -0.15) is 8.78 Å². The highest BCUT2D eigenvalue weighted by atomic mass is 19.3. The van der Waals surface area contributed by atoms with E-state index in [2.05, 4.69) is 6.92 Å². The highest BCUT2D eigenvalue weighted by Gasteiger charge is 2.30. The number of allylic oxidation sites excluding steroid dienone is 1. The Morgan fingerprint density at radius 3 is 1.88 bits per heavy atom. The van der Waals surface area contributed by atoms with Gasteiger partial charge in [-0.1, -0.05) is 25.8 Å². The predicted octanol–water partition coefficient (Wildman–Crippen LogP) is 6.97. The molecule has 0 saturated heterocycles. The zero-order chi connectivity index (χ0) is 18.8. The van der Waals surface area contributed by atoms with Crippen molar-refractivity contribution in [3.8, 4) is 5.75 Å². The van der Waals surface area contributed by atoms with Crippen LogP contribution < -0.4 is 4.74 Å². The summed E-state index contributed by atoms with van der Waals surface area (Å²) in [6, 6.07) is 0. The van der Waals surface area contributed by atoms with E-state index in [1.165, 1.54) is 12.8 Å². The number of hydrogen-bond acceptors (Lipinski definition) is 1. The molecule has 1 aromatic rings. The van der Waals surface area contributed by atoms with Gasteiger partial charge < -0.3 is 4.74 Å². The van der Waals surface area contributed by atoms with E-state index in [0.29, 0.717) is 11.7 Å². The van der Waals surface area contributed by atoms with Gasteiger partial charge in [-0.15, -0.1) is 0 Å². The number of halogens is 2. The zero-order valence-corrected chi connectivity index (χ0v) is 16.5. The van der Waals surface area contributed by atoms with Crippen molar-refractivity contribution in [2.75, 3.05) is 0 Å². The molecule has 1 aromatic carbocycles. The van der Waals surface area contributed by atoms with Gasteiger partial charge in [-0.05, 0) is 93.5 Å². The summed E-state index contributed by atoms with van der Waals surface area (Å²) in [5.41, 5.74) is 4.79. The minimum absolute atomic E-state index is 0.321. The molecule has 1 fully saturated rings. The lowest BCUT2D eigenvalue weighted by Crippen LogP contribution is -2.23. The first kappa shape index (κ1) is 19.9. The van der Waals surface area contributed by atoms with Crippen LogP contribution in [-0.2, 0) is 0 Å². The highest BCUT2D eigenvalue weighted by Crippen LogP contribution is 2.36. The molecule has 1 nitrogen and oxygen atoms in total. The van der Waals surface area contributed by atoms with Crippen molar-refractivity contribution in [1.82, 2.24) is 0 Å². The second-order valence-electron chi connectivity index (χ2n) is 7.88. The van der Waals surface area contributed by atoms with Crippen molar-refractivity contribution in [3.63, 3.8) is 0 Å². The third-order valence-electron chi connectivity index (χ3n) is 6.09. The minimum Gasteiger partial charge on any atom is -0.429 e. The summed E-state index contributed by atoms with van der Waals surface area (Å²) in [4.78, 5) is 0. The van der Waals surface area contributed by atoms with Crippen molar-refractivity contribution in [2.24, 2.45) is 11.8 Å². The molecule has 0 heterocycles. The minimum atomic E-state index is -3.27. The van der Waals surface area contributed by atoms with Crippen LogP contribution in [0.15, 0.2) is 12.2 Å².